The summed E-state index contributed by atoms with van der Waals surface area (Å²) in [6.07, 6.45) is 5.63. The van der Waals surface area contributed by atoms with Crippen LogP contribution in [0.15, 0.2) is 11.8 Å². The van der Waals surface area contributed by atoms with Crippen molar-refractivity contribution in [2.75, 3.05) is 0 Å². The Balaban J connectivity index is 3.89. The van der Waals surface area contributed by atoms with Gasteiger partial charge in [0.1, 0.15) is 5.76 Å². The van der Waals surface area contributed by atoms with E-state index in [1.807, 2.05) is 13.0 Å². The van der Waals surface area contributed by atoms with Gasteiger partial charge in [-0.2, -0.15) is 0 Å². The average molecular weight is 226 g/mol. The molecule has 0 fully saturated rings. The first-order chi connectivity index (χ1) is 7.20. The molecule has 0 aromatic rings. The quantitative estimate of drug-likeness (QED) is 0.516. The van der Waals surface area contributed by atoms with Crippen molar-refractivity contribution in [1.29, 1.82) is 0 Å². The van der Waals surface area contributed by atoms with E-state index in [1.54, 1.807) is 0 Å². The van der Waals surface area contributed by atoms with Crippen molar-refractivity contribution in [2.24, 2.45) is 11.3 Å². The van der Waals surface area contributed by atoms with Crippen LogP contribution in [0.3, 0.4) is 0 Å². The number of esters is 1. The van der Waals surface area contributed by atoms with Gasteiger partial charge in [0.25, 0.3) is 0 Å². The summed E-state index contributed by atoms with van der Waals surface area (Å²) in [5, 5.41) is 0. The summed E-state index contributed by atoms with van der Waals surface area (Å²) in [5.74, 6) is 0.952. The van der Waals surface area contributed by atoms with Crippen LogP contribution in [0.2, 0.25) is 0 Å². The lowest BCUT2D eigenvalue weighted by Gasteiger charge is -2.18. The van der Waals surface area contributed by atoms with Crippen LogP contribution in [0.25, 0.3) is 0 Å². The van der Waals surface area contributed by atoms with Gasteiger partial charge in [-0.25, -0.2) is 0 Å². The Hall–Kier alpha value is -0.790. The maximum atomic E-state index is 10.7. The van der Waals surface area contributed by atoms with Crippen molar-refractivity contribution in [1.82, 2.24) is 0 Å². The predicted octanol–water partition coefficient (Wildman–Crippen LogP) is 4.31. The molecule has 0 saturated heterocycles. The second kappa shape index (κ2) is 6.72. The van der Waals surface area contributed by atoms with Gasteiger partial charge in [-0.3, -0.25) is 4.79 Å². The zero-order valence-corrected chi connectivity index (χ0v) is 11.6. The number of rotatable bonds is 5. The molecule has 2 heteroatoms. The summed E-state index contributed by atoms with van der Waals surface area (Å²) < 4.78 is 4.99. The number of hydrogen-bond donors (Lipinski definition) is 0. The van der Waals surface area contributed by atoms with E-state index in [2.05, 4.69) is 27.7 Å². The molecule has 16 heavy (non-hydrogen) atoms. The van der Waals surface area contributed by atoms with E-state index < -0.39 is 0 Å². The van der Waals surface area contributed by atoms with Gasteiger partial charge in [-0.05, 0) is 37.2 Å². The molecule has 0 N–H and O–H groups in total. The maximum absolute atomic E-state index is 10.7. The highest BCUT2D eigenvalue weighted by Gasteiger charge is 2.10. The smallest absolute Gasteiger partial charge is 0.307 e. The van der Waals surface area contributed by atoms with Crippen molar-refractivity contribution in [3.8, 4) is 0 Å². The third kappa shape index (κ3) is 9.75. The summed E-state index contributed by atoms with van der Waals surface area (Å²) in [7, 11) is 0. The zero-order valence-electron chi connectivity index (χ0n) is 11.6. The lowest BCUT2D eigenvalue weighted by molar-refractivity contribution is -0.136. The van der Waals surface area contributed by atoms with Crippen LogP contribution < -0.4 is 0 Å². The number of ether oxygens (including phenoxy) is 1. The van der Waals surface area contributed by atoms with Crippen LogP contribution in [-0.2, 0) is 9.53 Å². The molecule has 1 unspecified atom stereocenters. The fourth-order valence-corrected chi connectivity index (χ4v) is 1.70. The Bertz CT molecular complexity index is 246. The highest BCUT2D eigenvalue weighted by Crippen LogP contribution is 2.23. The van der Waals surface area contributed by atoms with E-state index in [-0.39, 0.29) is 5.97 Å². The largest absolute Gasteiger partial charge is 0.432 e. The van der Waals surface area contributed by atoms with Crippen molar-refractivity contribution in [3.63, 3.8) is 0 Å². The Labute approximate surface area is 100 Å². The molecule has 2 nitrogen and oxygen atoms in total. The molecule has 0 bridgehead atoms. The lowest BCUT2D eigenvalue weighted by Crippen LogP contribution is -2.05. The normalized spacial score (nSPS) is 14.8. The maximum Gasteiger partial charge on any atom is 0.307 e. The fraction of sp³-hybridized carbons (Fsp3) is 0.786. The number of carbonyl (C=O) groups excluding carboxylic acids is 1. The zero-order chi connectivity index (χ0) is 12.8. The molecule has 0 saturated carbocycles. The highest BCUT2D eigenvalue weighted by molar-refractivity contribution is 5.67. The van der Waals surface area contributed by atoms with Gasteiger partial charge in [-0.15, -0.1) is 0 Å². The summed E-state index contributed by atoms with van der Waals surface area (Å²) in [5.41, 5.74) is 0.411. The molecule has 94 valence electrons. The molecule has 0 heterocycles. The standard InChI is InChI=1S/C14H26O2/c1-11(8-7-9-14(4,5)6)10-12(2)16-13(3)15/h10-11H,7-9H2,1-6H3/b12-10+. The van der Waals surface area contributed by atoms with E-state index in [1.165, 1.54) is 19.8 Å². The molecule has 0 aromatic heterocycles. The molecular formula is C14H26O2. The molecule has 1 atom stereocenters. The van der Waals surface area contributed by atoms with Crippen LogP contribution in [0, 0.1) is 11.3 Å². The van der Waals surface area contributed by atoms with Crippen molar-refractivity contribution in [2.45, 2.75) is 60.8 Å². The van der Waals surface area contributed by atoms with Gasteiger partial charge in [0.15, 0.2) is 0 Å². The van der Waals surface area contributed by atoms with Crippen LogP contribution >= 0.6 is 0 Å². The monoisotopic (exact) mass is 226 g/mol. The molecule has 0 aliphatic carbocycles. The first-order valence-electron chi connectivity index (χ1n) is 6.07. The summed E-state index contributed by atoms with van der Waals surface area (Å²) in [4.78, 5) is 10.7. The molecule has 0 amide bonds. The van der Waals surface area contributed by atoms with Crippen LogP contribution in [0.5, 0.6) is 0 Å². The van der Waals surface area contributed by atoms with E-state index in [4.69, 9.17) is 4.74 Å². The average Bonchev–Trinajstić information content (AvgIpc) is 1.98. The summed E-state index contributed by atoms with van der Waals surface area (Å²) in [6.45, 7) is 12.2. The molecule has 0 spiro atoms. The van der Waals surface area contributed by atoms with E-state index >= 15 is 0 Å². The summed E-state index contributed by atoms with van der Waals surface area (Å²) in [6, 6.07) is 0. The Morgan fingerprint density at radius 1 is 1.31 bits per heavy atom. The molecule has 0 aliphatic rings. The molecular weight excluding hydrogens is 200 g/mol. The van der Waals surface area contributed by atoms with Crippen molar-refractivity contribution >= 4 is 5.97 Å². The number of carbonyl (C=O) groups is 1. The predicted molar refractivity (Wildman–Crippen MR) is 68.0 cm³/mol. The Morgan fingerprint density at radius 2 is 1.88 bits per heavy atom. The van der Waals surface area contributed by atoms with Gasteiger partial charge in [0.05, 0.1) is 0 Å². The first-order valence-corrected chi connectivity index (χ1v) is 6.07. The third-order valence-electron chi connectivity index (χ3n) is 2.41. The van der Waals surface area contributed by atoms with Crippen LogP contribution in [0.4, 0.5) is 0 Å². The molecule has 0 radical (unpaired) electrons. The van der Waals surface area contributed by atoms with Crippen LogP contribution in [0.1, 0.15) is 60.8 Å². The summed E-state index contributed by atoms with van der Waals surface area (Å²) >= 11 is 0. The third-order valence-corrected chi connectivity index (χ3v) is 2.41. The van der Waals surface area contributed by atoms with E-state index in [0.717, 1.165) is 12.2 Å². The van der Waals surface area contributed by atoms with Crippen molar-refractivity contribution < 1.29 is 9.53 Å². The Morgan fingerprint density at radius 3 is 2.31 bits per heavy atom. The first kappa shape index (κ1) is 15.2. The molecule has 0 aliphatic heterocycles. The van der Waals surface area contributed by atoms with E-state index in [9.17, 15) is 4.79 Å². The number of allylic oxidation sites excluding steroid dienone is 2. The molecule has 0 aromatic carbocycles. The minimum atomic E-state index is -0.240. The van der Waals surface area contributed by atoms with Gasteiger partial charge < -0.3 is 4.74 Å². The van der Waals surface area contributed by atoms with Gasteiger partial charge in [-0.1, -0.05) is 34.1 Å². The minimum Gasteiger partial charge on any atom is -0.432 e. The van der Waals surface area contributed by atoms with Crippen molar-refractivity contribution in [3.05, 3.63) is 11.8 Å². The van der Waals surface area contributed by atoms with Gasteiger partial charge in [0, 0.05) is 6.92 Å². The minimum absolute atomic E-state index is 0.240. The second-order valence-corrected chi connectivity index (χ2v) is 5.80. The fourth-order valence-electron chi connectivity index (χ4n) is 1.70. The lowest BCUT2D eigenvalue weighted by atomic mass is 9.88. The van der Waals surface area contributed by atoms with E-state index in [0.29, 0.717) is 11.3 Å². The highest BCUT2D eigenvalue weighted by atomic mass is 16.5. The number of hydrogen-bond acceptors (Lipinski definition) is 2. The van der Waals surface area contributed by atoms with Gasteiger partial charge in [0.2, 0.25) is 0 Å². The van der Waals surface area contributed by atoms with Crippen LogP contribution in [-0.4, -0.2) is 5.97 Å². The molecule has 0 rings (SSSR count). The van der Waals surface area contributed by atoms with Gasteiger partial charge >= 0.3 is 5.97 Å². The second-order valence-electron chi connectivity index (χ2n) is 5.80. The Kier molecular flexibility index (Phi) is 6.39. The topological polar surface area (TPSA) is 26.3 Å². The SMILES string of the molecule is CC(=O)O/C(C)=C/C(C)CCCC(C)(C)C.